The van der Waals surface area contributed by atoms with Gasteiger partial charge in [0.1, 0.15) is 11.1 Å². The molecule has 10 heteroatoms. The van der Waals surface area contributed by atoms with Crippen LogP contribution in [0.2, 0.25) is 0 Å². The number of ether oxygens (including phenoxy) is 1. The van der Waals surface area contributed by atoms with Crippen LogP contribution in [0.5, 0.6) is 0 Å². The smallest absolute Gasteiger partial charge is 0.242 e. The molecule has 2 aromatic rings. The van der Waals surface area contributed by atoms with Gasteiger partial charge < -0.3 is 24.8 Å². The number of para-hydroxylation sites is 1. The molecule has 0 saturated carbocycles. The van der Waals surface area contributed by atoms with Crippen molar-refractivity contribution in [2.24, 2.45) is 4.99 Å². The van der Waals surface area contributed by atoms with Crippen molar-refractivity contribution < 1.29 is 9.53 Å². The lowest BCUT2D eigenvalue weighted by Gasteiger charge is -2.36. The van der Waals surface area contributed by atoms with Crippen molar-refractivity contribution in [2.45, 2.75) is 19.6 Å². The van der Waals surface area contributed by atoms with Crippen LogP contribution in [-0.2, 0) is 16.1 Å². The topological polar surface area (TPSA) is 73.3 Å². The van der Waals surface area contributed by atoms with Gasteiger partial charge in [0, 0.05) is 58.5 Å². The Morgan fingerprint density at radius 1 is 1.28 bits per heavy atom. The average molecular weight is 573 g/mol. The van der Waals surface area contributed by atoms with Crippen molar-refractivity contribution in [2.75, 3.05) is 58.8 Å². The Morgan fingerprint density at radius 3 is 2.59 bits per heavy atom. The minimum absolute atomic E-state index is 0. The molecule has 0 radical (unpaired) electrons. The monoisotopic (exact) mass is 572 g/mol. The molecule has 1 atom stereocenters. The van der Waals surface area contributed by atoms with Gasteiger partial charge in [-0.25, -0.2) is 4.98 Å². The molecular weight excluding hydrogens is 539 g/mol. The maximum atomic E-state index is 12.7. The van der Waals surface area contributed by atoms with E-state index in [1.165, 1.54) is 5.69 Å². The largest absolute Gasteiger partial charge is 0.375 e. The highest BCUT2D eigenvalue weighted by Gasteiger charge is 2.21. The second-order valence-electron chi connectivity index (χ2n) is 7.52. The third-order valence-corrected chi connectivity index (χ3v) is 6.45. The zero-order valence-corrected chi connectivity index (χ0v) is 22.3. The molecule has 1 N–H and O–H groups in total. The molecule has 0 bridgehead atoms. The van der Waals surface area contributed by atoms with Gasteiger partial charge in [0.2, 0.25) is 5.91 Å². The molecule has 32 heavy (non-hydrogen) atoms. The molecule has 0 aliphatic carbocycles. The molecule has 1 aliphatic heterocycles. The number of aromatic nitrogens is 1. The van der Waals surface area contributed by atoms with Crippen molar-refractivity contribution in [3.63, 3.8) is 0 Å². The molecular formula is C22H33IN6O2S. The van der Waals surface area contributed by atoms with Gasteiger partial charge >= 0.3 is 0 Å². The average Bonchev–Trinajstić information content (AvgIpc) is 3.28. The molecule has 176 valence electrons. The van der Waals surface area contributed by atoms with E-state index in [9.17, 15) is 4.79 Å². The van der Waals surface area contributed by atoms with E-state index in [0.717, 1.165) is 36.9 Å². The number of thiazole rings is 1. The second-order valence-corrected chi connectivity index (χ2v) is 8.40. The van der Waals surface area contributed by atoms with Crippen LogP contribution in [0.1, 0.15) is 23.7 Å². The third-order valence-electron chi connectivity index (χ3n) is 5.39. The second kappa shape index (κ2) is 12.9. The molecule has 1 unspecified atom stereocenters. The van der Waals surface area contributed by atoms with Gasteiger partial charge in [-0.2, -0.15) is 0 Å². The van der Waals surface area contributed by atoms with Gasteiger partial charge in [-0.1, -0.05) is 18.2 Å². The molecule has 8 nitrogen and oxygen atoms in total. The molecule has 0 spiro atoms. The number of guanidine groups is 1. The normalized spacial score (nSPS) is 15.2. The van der Waals surface area contributed by atoms with E-state index in [1.807, 2.05) is 47.4 Å². The fraction of sp³-hybridized carbons (Fsp3) is 0.500. The quantitative estimate of drug-likeness (QED) is 0.313. The van der Waals surface area contributed by atoms with Crippen LogP contribution >= 0.6 is 35.3 Å². The molecule has 1 amide bonds. The molecule has 1 saturated heterocycles. The summed E-state index contributed by atoms with van der Waals surface area (Å²) in [4.78, 5) is 27.8. The molecule has 1 aromatic carbocycles. The van der Waals surface area contributed by atoms with Crippen molar-refractivity contribution >= 4 is 52.9 Å². The Labute approximate surface area is 211 Å². The van der Waals surface area contributed by atoms with E-state index < -0.39 is 0 Å². The predicted octanol–water partition coefficient (Wildman–Crippen LogP) is 2.82. The minimum Gasteiger partial charge on any atom is -0.375 e. The number of carbonyl (C=O) groups is 1. The fourth-order valence-electron chi connectivity index (χ4n) is 3.50. The zero-order valence-electron chi connectivity index (χ0n) is 19.2. The van der Waals surface area contributed by atoms with Crippen molar-refractivity contribution in [3.8, 4) is 0 Å². The maximum absolute atomic E-state index is 12.7. The summed E-state index contributed by atoms with van der Waals surface area (Å²) < 4.78 is 5.33. The summed E-state index contributed by atoms with van der Waals surface area (Å²) in [6.45, 7) is 5.96. The van der Waals surface area contributed by atoms with E-state index in [4.69, 9.17) is 4.74 Å². The van der Waals surface area contributed by atoms with E-state index in [0.29, 0.717) is 12.5 Å². The molecule has 1 aliphatic rings. The van der Waals surface area contributed by atoms with Crippen LogP contribution in [0.4, 0.5) is 5.69 Å². The number of hydrogen-bond donors (Lipinski definition) is 1. The fourth-order valence-corrected chi connectivity index (χ4v) is 4.35. The van der Waals surface area contributed by atoms with Crippen LogP contribution in [0.15, 0.2) is 40.7 Å². The van der Waals surface area contributed by atoms with Gasteiger partial charge in [-0.15, -0.1) is 35.3 Å². The zero-order chi connectivity index (χ0) is 22.2. The Hall–Kier alpha value is -1.92. The van der Waals surface area contributed by atoms with Gasteiger partial charge in [0.05, 0.1) is 18.8 Å². The van der Waals surface area contributed by atoms with E-state index in [1.54, 1.807) is 25.5 Å². The lowest BCUT2D eigenvalue weighted by molar-refractivity contribution is -0.130. The number of piperazine rings is 1. The summed E-state index contributed by atoms with van der Waals surface area (Å²) in [7, 11) is 5.35. The van der Waals surface area contributed by atoms with Gasteiger partial charge in [0.25, 0.3) is 0 Å². The number of halogens is 1. The van der Waals surface area contributed by atoms with Crippen molar-refractivity contribution in [1.82, 2.24) is 20.1 Å². The van der Waals surface area contributed by atoms with E-state index in [2.05, 4.69) is 32.3 Å². The Kier molecular flexibility index (Phi) is 10.7. The predicted molar refractivity (Wildman–Crippen MR) is 141 cm³/mol. The number of benzene rings is 1. The first-order chi connectivity index (χ1) is 15.0. The van der Waals surface area contributed by atoms with Crippen LogP contribution in [0, 0.1) is 0 Å². The van der Waals surface area contributed by atoms with Crippen molar-refractivity contribution in [1.29, 1.82) is 0 Å². The number of methoxy groups -OCH3 is 1. The Morgan fingerprint density at radius 2 is 1.97 bits per heavy atom. The molecule has 1 fully saturated rings. The number of nitrogens with one attached hydrogen (secondary N) is 1. The SMILES string of the molecule is CN=C(NCC(=O)N1CCN(c2ccccc2)CC1)N(C)Cc1csc(C(C)OC)n1.I. The summed E-state index contributed by atoms with van der Waals surface area (Å²) in [6, 6.07) is 10.3. The first-order valence-corrected chi connectivity index (χ1v) is 11.4. The number of hydrogen-bond acceptors (Lipinski definition) is 6. The van der Waals surface area contributed by atoms with Gasteiger partial charge in [0.15, 0.2) is 5.96 Å². The minimum atomic E-state index is -0.0125. The highest BCUT2D eigenvalue weighted by Crippen LogP contribution is 2.21. The lowest BCUT2D eigenvalue weighted by atomic mass is 10.2. The Balaban J connectivity index is 0.00000363. The van der Waals surface area contributed by atoms with E-state index in [-0.39, 0.29) is 42.5 Å². The number of nitrogens with zero attached hydrogens (tertiary/aromatic N) is 5. The number of carbonyl (C=O) groups excluding carboxylic acids is 1. The maximum Gasteiger partial charge on any atom is 0.242 e. The van der Waals surface area contributed by atoms with Crippen LogP contribution in [0.3, 0.4) is 0 Å². The standard InChI is InChI=1S/C22H32N6O2S.HI/c1-17(30-4)21-25-18(16-31-21)15-26(3)22(23-2)24-14-20(29)28-12-10-27(11-13-28)19-8-6-5-7-9-19;/h5-9,16-17H,10-15H2,1-4H3,(H,23,24);1H. The van der Waals surface area contributed by atoms with Crippen LogP contribution < -0.4 is 10.2 Å². The number of aliphatic imine (C=N–C) groups is 1. The van der Waals surface area contributed by atoms with Crippen LogP contribution in [-0.4, -0.2) is 80.6 Å². The first-order valence-electron chi connectivity index (χ1n) is 10.5. The highest BCUT2D eigenvalue weighted by atomic mass is 127. The van der Waals surface area contributed by atoms with Crippen LogP contribution in [0.25, 0.3) is 0 Å². The van der Waals surface area contributed by atoms with Gasteiger partial charge in [-0.05, 0) is 19.1 Å². The first kappa shape index (κ1) is 26.3. The van der Waals surface area contributed by atoms with Gasteiger partial charge in [-0.3, -0.25) is 9.79 Å². The van der Waals surface area contributed by atoms with Crippen molar-refractivity contribution in [3.05, 3.63) is 46.4 Å². The Bertz CT molecular complexity index is 870. The number of rotatable bonds is 7. The number of amides is 1. The summed E-state index contributed by atoms with van der Waals surface area (Å²) >= 11 is 1.59. The summed E-state index contributed by atoms with van der Waals surface area (Å²) in [5.74, 6) is 0.762. The molecule has 2 heterocycles. The summed E-state index contributed by atoms with van der Waals surface area (Å²) in [5.41, 5.74) is 2.16. The third kappa shape index (κ3) is 7.04. The molecule has 1 aromatic heterocycles. The number of anilines is 1. The summed E-state index contributed by atoms with van der Waals surface area (Å²) in [5, 5.41) is 6.18. The highest BCUT2D eigenvalue weighted by molar-refractivity contribution is 14.0. The van der Waals surface area contributed by atoms with E-state index >= 15 is 0 Å². The summed E-state index contributed by atoms with van der Waals surface area (Å²) in [6.07, 6.45) is -0.0125. The lowest BCUT2D eigenvalue weighted by Crippen LogP contribution is -2.52. The molecule has 3 rings (SSSR count).